The third-order valence-electron chi connectivity index (χ3n) is 4.54. The lowest BCUT2D eigenvalue weighted by Crippen LogP contribution is -2.44. The Labute approximate surface area is 146 Å². The molecule has 24 heavy (non-hydrogen) atoms. The Balaban J connectivity index is 0.00000208. The molecule has 1 aliphatic heterocycles. The van der Waals surface area contributed by atoms with Crippen molar-refractivity contribution in [2.24, 2.45) is 0 Å². The van der Waals surface area contributed by atoms with Gasteiger partial charge in [-0.2, -0.15) is 0 Å². The molecule has 0 atom stereocenters. The van der Waals surface area contributed by atoms with Crippen LogP contribution in [0.5, 0.6) is 0 Å². The molecule has 7 nitrogen and oxygen atoms in total. The number of anilines is 2. The minimum atomic E-state index is -0.787. The van der Waals surface area contributed by atoms with E-state index in [-0.39, 0.29) is 24.9 Å². The Morgan fingerprint density at radius 3 is 2.67 bits per heavy atom. The summed E-state index contributed by atoms with van der Waals surface area (Å²) in [5.74, 6) is -0.711. The molecule has 2 fully saturated rings. The maximum Gasteiger partial charge on any atom is 0.325 e. The Bertz CT molecular complexity index is 686. The largest absolute Gasteiger partial charge is 0.399 e. The molecule has 2 aliphatic rings. The summed E-state index contributed by atoms with van der Waals surface area (Å²) in [5, 5.41) is 5.46. The summed E-state index contributed by atoms with van der Waals surface area (Å²) in [6.45, 7) is 1.55. The van der Waals surface area contributed by atoms with E-state index in [0.29, 0.717) is 24.2 Å². The van der Waals surface area contributed by atoms with Gasteiger partial charge < -0.3 is 16.4 Å². The van der Waals surface area contributed by atoms with Gasteiger partial charge in [0.15, 0.2) is 0 Å². The predicted octanol–water partition coefficient (Wildman–Crippen LogP) is 1.80. The van der Waals surface area contributed by atoms with Crippen LogP contribution in [0.25, 0.3) is 0 Å². The fraction of sp³-hybridized carbons (Fsp3) is 0.438. The number of hydrogen-bond donors (Lipinski definition) is 3. The first kappa shape index (κ1) is 18.1. The van der Waals surface area contributed by atoms with Crippen LogP contribution in [0, 0.1) is 6.92 Å². The number of nitrogens with two attached hydrogens (primary N) is 1. The number of carbonyl (C=O) groups is 3. The van der Waals surface area contributed by atoms with Crippen molar-refractivity contribution in [1.82, 2.24) is 10.2 Å². The fourth-order valence-corrected chi connectivity index (χ4v) is 3.24. The highest BCUT2D eigenvalue weighted by atomic mass is 35.5. The van der Waals surface area contributed by atoms with Gasteiger partial charge >= 0.3 is 6.03 Å². The first-order valence-electron chi connectivity index (χ1n) is 7.71. The van der Waals surface area contributed by atoms with Crippen LogP contribution >= 0.6 is 12.4 Å². The average molecular weight is 353 g/mol. The van der Waals surface area contributed by atoms with Crippen LogP contribution in [0.1, 0.15) is 31.2 Å². The van der Waals surface area contributed by atoms with Gasteiger partial charge in [-0.25, -0.2) is 4.79 Å². The molecule has 1 saturated carbocycles. The minimum Gasteiger partial charge on any atom is -0.399 e. The topological polar surface area (TPSA) is 105 Å². The second kappa shape index (κ2) is 6.68. The van der Waals surface area contributed by atoms with Crippen molar-refractivity contribution in [3.8, 4) is 0 Å². The van der Waals surface area contributed by atoms with Gasteiger partial charge in [-0.05, 0) is 37.5 Å². The van der Waals surface area contributed by atoms with Crippen LogP contribution in [0.2, 0.25) is 0 Å². The number of imide groups is 1. The molecule has 0 bridgehead atoms. The van der Waals surface area contributed by atoms with Gasteiger partial charge in [-0.3, -0.25) is 14.5 Å². The number of nitrogens with one attached hydrogen (secondary N) is 2. The van der Waals surface area contributed by atoms with Crippen molar-refractivity contribution in [2.45, 2.75) is 38.1 Å². The van der Waals surface area contributed by atoms with Gasteiger partial charge in [0.1, 0.15) is 12.1 Å². The number of rotatable bonds is 3. The van der Waals surface area contributed by atoms with Crippen molar-refractivity contribution in [1.29, 1.82) is 0 Å². The first-order valence-corrected chi connectivity index (χ1v) is 7.71. The van der Waals surface area contributed by atoms with Crippen LogP contribution in [-0.4, -0.2) is 34.8 Å². The molecule has 8 heteroatoms. The monoisotopic (exact) mass is 352 g/mol. The number of urea groups is 1. The van der Waals surface area contributed by atoms with Crippen LogP contribution in [0.3, 0.4) is 0 Å². The maximum atomic E-state index is 12.5. The van der Waals surface area contributed by atoms with E-state index in [4.69, 9.17) is 5.73 Å². The third kappa shape index (κ3) is 3.17. The van der Waals surface area contributed by atoms with Crippen LogP contribution in [0.15, 0.2) is 18.2 Å². The molecule has 0 unspecified atom stereocenters. The van der Waals surface area contributed by atoms with Gasteiger partial charge in [0.25, 0.3) is 5.91 Å². The molecule has 4 amide bonds. The minimum absolute atomic E-state index is 0. The van der Waals surface area contributed by atoms with Crippen molar-refractivity contribution < 1.29 is 14.4 Å². The van der Waals surface area contributed by atoms with Crippen molar-refractivity contribution in [3.63, 3.8) is 0 Å². The standard InChI is InChI=1S/C16H20N4O3.ClH/c1-10-4-5-11(17)8-12(10)18-13(21)9-20-14(22)16(19-15(20)23)6-2-3-7-16;/h4-5,8H,2-3,6-7,9,17H2,1H3,(H,18,21)(H,19,23);1H. The molecule has 0 radical (unpaired) electrons. The highest BCUT2D eigenvalue weighted by Gasteiger charge is 2.52. The van der Waals surface area contributed by atoms with Crippen LogP contribution in [0.4, 0.5) is 16.2 Å². The number of hydrogen-bond acceptors (Lipinski definition) is 4. The number of carbonyl (C=O) groups excluding carboxylic acids is 3. The molecule has 130 valence electrons. The Morgan fingerprint density at radius 2 is 2.00 bits per heavy atom. The first-order chi connectivity index (χ1) is 10.9. The molecule has 1 heterocycles. The normalized spacial score (nSPS) is 18.5. The molecule has 1 aliphatic carbocycles. The summed E-state index contributed by atoms with van der Waals surface area (Å²) in [6.07, 6.45) is 3.11. The number of halogens is 1. The van der Waals surface area contributed by atoms with E-state index in [0.717, 1.165) is 23.3 Å². The van der Waals surface area contributed by atoms with Gasteiger partial charge in [0.05, 0.1) is 0 Å². The Hall–Kier alpha value is -2.28. The molecule has 1 saturated heterocycles. The number of amides is 4. The second-order valence-corrected chi connectivity index (χ2v) is 6.23. The number of aryl methyl sites for hydroxylation is 1. The summed E-state index contributed by atoms with van der Waals surface area (Å²) < 4.78 is 0. The summed E-state index contributed by atoms with van der Waals surface area (Å²) >= 11 is 0. The molecule has 1 spiro atoms. The lowest BCUT2D eigenvalue weighted by atomic mass is 9.98. The molecule has 3 rings (SSSR count). The van der Waals surface area contributed by atoms with E-state index in [1.54, 1.807) is 18.2 Å². The number of benzene rings is 1. The second-order valence-electron chi connectivity index (χ2n) is 6.23. The average Bonchev–Trinajstić information content (AvgIpc) is 3.05. The van der Waals surface area contributed by atoms with E-state index in [2.05, 4.69) is 10.6 Å². The molecule has 0 aromatic heterocycles. The maximum absolute atomic E-state index is 12.5. The van der Waals surface area contributed by atoms with Crippen LogP contribution in [-0.2, 0) is 9.59 Å². The van der Waals surface area contributed by atoms with Gasteiger partial charge in [0, 0.05) is 11.4 Å². The predicted molar refractivity (Wildman–Crippen MR) is 92.9 cm³/mol. The lowest BCUT2D eigenvalue weighted by molar-refractivity contribution is -0.133. The van der Waals surface area contributed by atoms with E-state index < -0.39 is 17.5 Å². The molecular weight excluding hydrogens is 332 g/mol. The van der Waals surface area contributed by atoms with E-state index in [1.807, 2.05) is 6.92 Å². The SMILES string of the molecule is Cc1ccc(N)cc1NC(=O)CN1C(=O)NC2(CCCC2)C1=O.Cl. The lowest BCUT2D eigenvalue weighted by Gasteiger charge is -2.20. The van der Waals surface area contributed by atoms with Crippen molar-refractivity contribution in [3.05, 3.63) is 23.8 Å². The van der Waals surface area contributed by atoms with E-state index in [9.17, 15) is 14.4 Å². The fourth-order valence-electron chi connectivity index (χ4n) is 3.24. The Kier molecular flexibility index (Phi) is 5.03. The van der Waals surface area contributed by atoms with Gasteiger partial charge in [-0.1, -0.05) is 18.9 Å². The quantitative estimate of drug-likeness (QED) is 0.569. The molecule has 4 N–H and O–H groups in total. The summed E-state index contributed by atoms with van der Waals surface area (Å²) in [4.78, 5) is 37.7. The van der Waals surface area contributed by atoms with Gasteiger partial charge in [-0.15, -0.1) is 12.4 Å². The zero-order chi connectivity index (χ0) is 16.6. The van der Waals surface area contributed by atoms with E-state index >= 15 is 0 Å². The third-order valence-corrected chi connectivity index (χ3v) is 4.54. The number of nitrogens with zero attached hydrogens (tertiary/aromatic N) is 1. The summed E-state index contributed by atoms with van der Waals surface area (Å²) in [5.41, 5.74) is 6.89. The molecule has 1 aromatic rings. The molecular formula is C16H21ClN4O3. The Morgan fingerprint density at radius 1 is 1.33 bits per heavy atom. The summed E-state index contributed by atoms with van der Waals surface area (Å²) in [7, 11) is 0. The van der Waals surface area contributed by atoms with Crippen molar-refractivity contribution in [2.75, 3.05) is 17.6 Å². The van der Waals surface area contributed by atoms with Crippen LogP contribution < -0.4 is 16.4 Å². The zero-order valence-electron chi connectivity index (χ0n) is 13.4. The zero-order valence-corrected chi connectivity index (χ0v) is 14.2. The van der Waals surface area contributed by atoms with E-state index in [1.165, 1.54) is 0 Å². The van der Waals surface area contributed by atoms with Gasteiger partial charge in [0.2, 0.25) is 5.91 Å². The van der Waals surface area contributed by atoms with Crippen molar-refractivity contribution >= 4 is 41.6 Å². The molecule has 1 aromatic carbocycles. The highest BCUT2D eigenvalue weighted by Crippen LogP contribution is 2.34. The summed E-state index contributed by atoms with van der Waals surface area (Å²) in [6, 6.07) is 4.70. The highest BCUT2D eigenvalue weighted by molar-refractivity contribution is 6.10. The number of nitrogen functional groups attached to an aromatic ring is 1. The smallest absolute Gasteiger partial charge is 0.325 e.